The lowest BCUT2D eigenvalue weighted by Gasteiger charge is -2.28. The molecule has 1 amide bonds. The van der Waals surface area contributed by atoms with Crippen molar-refractivity contribution < 1.29 is 14.3 Å². The summed E-state index contributed by atoms with van der Waals surface area (Å²) in [5.41, 5.74) is 3.17. The van der Waals surface area contributed by atoms with Crippen molar-refractivity contribution in [1.82, 2.24) is 4.90 Å². The van der Waals surface area contributed by atoms with Crippen LogP contribution in [0.1, 0.15) is 16.7 Å². The van der Waals surface area contributed by atoms with Gasteiger partial charge in [-0.15, -0.1) is 0 Å². The van der Waals surface area contributed by atoms with Crippen LogP contribution in [0.15, 0.2) is 126 Å². The Balaban J connectivity index is 1.44. The van der Waals surface area contributed by atoms with E-state index in [9.17, 15) is 4.79 Å². The molecule has 182 valence electrons. The molecule has 0 N–H and O–H groups in total. The average molecular weight is 496 g/mol. The van der Waals surface area contributed by atoms with Gasteiger partial charge in [0.2, 0.25) is 0 Å². The molecular weight excluding hydrogens is 466 g/mol. The van der Waals surface area contributed by atoms with Gasteiger partial charge >= 0.3 is 0 Å². The maximum atomic E-state index is 13.9. The van der Waals surface area contributed by atoms with Crippen LogP contribution in [-0.2, 0) is 34.0 Å². The predicted octanol–water partition coefficient (Wildman–Crippen LogP) is 6.32. The number of hydrogen-bond donors (Lipinski definition) is 0. The smallest absolute Gasteiger partial charge is 0.255 e. The fourth-order valence-electron chi connectivity index (χ4n) is 4.34. The third kappa shape index (κ3) is 6.05. The number of rotatable bonds is 10. The Labute approximate surface area is 216 Å². The number of carbonyl (C=O) groups excluding carboxylic acids is 1. The van der Waals surface area contributed by atoms with Crippen LogP contribution in [0.5, 0.6) is 0 Å². The molecule has 1 heterocycles. The largest absolute Gasteiger partial charge is 0.367 e. The van der Waals surface area contributed by atoms with Crippen molar-refractivity contribution >= 4 is 17.7 Å². The number of amides is 1. The van der Waals surface area contributed by atoms with E-state index in [2.05, 4.69) is 24.3 Å². The fourth-order valence-corrected chi connectivity index (χ4v) is 5.59. The normalized spacial score (nSPS) is 19.5. The molecular formula is C31H29NO3S. The summed E-state index contributed by atoms with van der Waals surface area (Å²) in [5.74, 6) is -0.0405. The highest BCUT2D eigenvalue weighted by molar-refractivity contribution is 8.00. The van der Waals surface area contributed by atoms with E-state index in [1.807, 2.05) is 102 Å². The Bertz CT molecular complexity index is 1220. The maximum absolute atomic E-state index is 13.9. The highest BCUT2D eigenvalue weighted by atomic mass is 32.2. The predicted molar refractivity (Wildman–Crippen MR) is 143 cm³/mol. The molecule has 36 heavy (non-hydrogen) atoms. The lowest BCUT2D eigenvalue weighted by Crippen LogP contribution is -2.35. The zero-order valence-electron chi connectivity index (χ0n) is 20.0. The van der Waals surface area contributed by atoms with Gasteiger partial charge in [-0.05, 0) is 28.8 Å². The Kier molecular flexibility index (Phi) is 8.13. The average Bonchev–Trinajstić information content (AvgIpc) is 3.18. The summed E-state index contributed by atoms with van der Waals surface area (Å²) in [6, 6.07) is 40.3. The number of likely N-dealkylation sites (tertiary alicyclic amines) is 1. The Morgan fingerprint density at radius 1 is 0.611 bits per heavy atom. The number of nitrogens with zero attached hydrogens (tertiary/aromatic N) is 1. The van der Waals surface area contributed by atoms with Gasteiger partial charge in [0.1, 0.15) is 11.5 Å². The molecule has 5 heteroatoms. The Morgan fingerprint density at radius 3 is 1.64 bits per heavy atom. The third-order valence-corrected chi connectivity index (χ3v) is 7.48. The standard InChI is InChI=1S/C31H29NO3S/c33-30-28(34-22-25-15-7-2-8-16-25)29(35-23-26-17-9-3-10-18-26)31(36-27-19-11-4-12-20-27)32(30)21-24-13-5-1-6-14-24/h1-20,28-29,31H,21-23H2. The highest BCUT2D eigenvalue weighted by Crippen LogP contribution is 2.38. The number of benzene rings is 4. The summed E-state index contributed by atoms with van der Waals surface area (Å²) in [7, 11) is 0. The van der Waals surface area contributed by atoms with Crippen LogP contribution in [0.2, 0.25) is 0 Å². The van der Waals surface area contributed by atoms with Crippen molar-refractivity contribution in [3.8, 4) is 0 Å². The van der Waals surface area contributed by atoms with Crippen molar-refractivity contribution in [3.63, 3.8) is 0 Å². The van der Waals surface area contributed by atoms with Crippen molar-refractivity contribution in [2.45, 2.75) is 42.2 Å². The zero-order valence-corrected chi connectivity index (χ0v) is 20.8. The van der Waals surface area contributed by atoms with Gasteiger partial charge in [-0.25, -0.2) is 0 Å². The van der Waals surface area contributed by atoms with Crippen molar-refractivity contribution in [1.29, 1.82) is 0 Å². The van der Waals surface area contributed by atoms with E-state index in [1.54, 1.807) is 11.8 Å². The molecule has 4 nitrogen and oxygen atoms in total. The lowest BCUT2D eigenvalue weighted by molar-refractivity contribution is -0.142. The summed E-state index contributed by atoms with van der Waals surface area (Å²) in [5, 5.41) is -0.232. The molecule has 0 radical (unpaired) electrons. The van der Waals surface area contributed by atoms with E-state index in [0.717, 1.165) is 21.6 Å². The quantitative estimate of drug-likeness (QED) is 0.258. The van der Waals surface area contributed by atoms with E-state index in [-0.39, 0.29) is 11.3 Å². The van der Waals surface area contributed by atoms with Crippen LogP contribution in [0.25, 0.3) is 0 Å². The molecule has 1 saturated heterocycles. The minimum atomic E-state index is -0.696. The summed E-state index contributed by atoms with van der Waals surface area (Å²) < 4.78 is 12.8. The molecule has 5 rings (SSSR count). The summed E-state index contributed by atoms with van der Waals surface area (Å²) >= 11 is 1.65. The molecule has 4 aromatic carbocycles. The second kappa shape index (κ2) is 12.0. The topological polar surface area (TPSA) is 38.8 Å². The zero-order chi connectivity index (χ0) is 24.6. The number of ether oxygens (including phenoxy) is 2. The Morgan fingerprint density at radius 2 is 1.08 bits per heavy atom. The second-order valence-electron chi connectivity index (χ2n) is 8.75. The number of hydrogen-bond acceptors (Lipinski definition) is 4. The first kappa shape index (κ1) is 24.3. The molecule has 1 aliphatic rings. The van der Waals surface area contributed by atoms with Gasteiger partial charge in [-0.3, -0.25) is 4.79 Å². The van der Waals surface area contributed by atoms with Crippen molar-refractivity contribution in [3.05, 3.63) is 138 Å². The molecule has 1 aliphatic heterocycles. The monoisotopic (exact) mass is 495 g/mol. The molecule has 0 bridgehead atoms. The van der Waals surface area contributed by atoms with Gasteiger partial charge in [0.05, 0.1) is 13.2 Å². The van der Waals surface area contributed by atoms with E-state index in [0.29, 0.717) is 19.8 Å². The van der Waals surface area contributed by atoms with Gasteiger partial charge in [0.15, 0.2) is 6.10 Å². The molecule has 0 saturated carbocycles. The first-order valence-electron chi connectivity index (χ1n) is 12.1. The maximum Gasteiger partial charge on any atom is 0.255 e. The van der Waals surface area contributed by atoms with E-state index in [1.165, 1.54) is 0 Å². The third-order valence-electron chi connectivity index (χ3n) is 6.17. The van der Waals surface area contributed by atoms with Crippen molar-refractivity contribution in [2.75, 3.05) is 0 Å². The van der Waals surface area contributed by atoms with Crippen LogP contribution in [-0.4, -0.2) is 28.4 Å². The van der Waals surface area contributed by atoms with Gasteiger partial charge in [0.25, 0.3) is 5.91 Å². The molecule has 4 aromatic rings. The summed E-state index contributed by atoms with van der Waals surface area (Å²) in [4.78, 5) is 16.9. The highest BCUT2D eigenvalue weighted by Gasteiger charge is 2.50. The van der Waals surface area contributed by atoms with Crippen LogP contribution in [0.3, 0.4) is 0 Å². The van der Waals surface area contributed by atoms with Gasteiger partial charge < -0.3 is 14.4 Å². The second-order valence-corrected chi connectivity index (χ2v) is 9.94. The van der Waals surface area contributed by atoms with E-state index in [4.69, 9.17) is 9.47 Å². The Hall–Kier alpha value is -3.38. The van der Waals surface area contributed by atoms with Gasteiger partial charge in [-0.2, -0.15) is 0 Å². The van der Waals surface area contributed by atoms with E-state index < -0.39 is 12.2 Å². The SMILES string of the molecule is O=C1C(OCc2ccccc2)C(OCc2ccccc2)C(Sc2ccccc2)N1Cc1ccccc1. The number of carbonyl (C=O) groups is 1. The first-order chi connectivity index (χ1) is 17.8. The molecule has 1 fully saturated rings. The van der Waals surface area contributed by atoms with Gasteiger partial charge in [-0.1, -0.05) is 121 Å². The minimum absolute atomic E-state index is 0.0405. The van der Waals surface area contributed by atoms with Crippen molar-refractivity contribution in [2.24, 2.45) is 0 Å². The summed E-state index contributed by atoms with van der Waals surface area (Å²) in [6.07, 6.45) is -1.13. The van der Waals surface area contributed by atoms with Crippen LogP contribution in [0.4, 0.5) is 0 Å². The van der Waals surface area contributed by atoms with E-state index >= 15 is 0 Å². The lowest BCUT2D eigenvalue weighted by atomic mass is 10.2. The molecule has 3 unspecified atom stereocenters. The first-order valence-corrected chi connectivity index (χ1v) is 13.0. The number of thioether (sulfide) groups is 1. The van der Waals surface area contributed by atoms with Crippen LogP contribution in [0, 0.1) is 0 Å². The molecule has 3 atom stereocenters. The summed E-state index contributed by atoms with van der Waals surface area (Å²) in [6.45, 7) is 1.26. The minimum Gasteiger partial charge on any atom is -0.367 e. The fraction of sp³-hybridized carbons (Fsp3) is 0.194. The molecule has 0 spiro atoms. The van der Waals surface area contributed by atoms with Crippen LogP contribution >= 0.6 is 11.8 Å². The van der Waals surface area contributed by atoms with Crippen LogP contribution < -0.4 is 0 Å². The van der Waals surface area contributed by atoms with Gasteiger partial charge in [0, 0.05) is 11.4 Å². The molecule has 0 aromatic heterocycles. The molecule has 0 aliphatic carbocycles.